The summed E-state index contributed by atoms with van der Waals surface area (Å²) < 4.78 is 7.88. The molecule has 0 aliphatic rings. The van der Waals surface area contributed by atoms with Gasteiger partial charge in [0.15, 0.2) is 0 Å². The molecule has 2 aromatic heterocycles. The predicted molar refractivity (Wildman–Crippen MR) is 81.0 cm³/mol. The number of thiophene rings is 1. The quantitative estimate of drug-likeness (QED) is 0.851. The predicted octanol–water partition coefficient (Wildman–Crippen LogP) is 4.14. The molecule has 2 aromatic rings. The molecule has 0 saturated heterocycles. The van der Waals surface area contributed by atoms with Gasteiger partial charge < -0.3 is 10.5 Å². The average Bonchev–Trinajstić information content (AvgIpc) is 2.72. The molecule has 0 fully saturated rings. The fourth-order valence-corrected chi connectivity index (χ4v) is 3.42. The number of hydrogen-bond acceptors (Lipinski definition) is 4. The van der Waals surface area contributed by atoms with Gasteiger partial charge in [-0.05, 0) is 57.0 Å². The van der Waals surface area contributed by atoms with E-state index in [-0.39, 0.29) is 12.1 Å². The second-order valence-electron chi connectivity index (χ2n) is 3.88. The molecule has 2 atom stereocenters. The third kappa shape index (κ3) is 3.54. The highest BCUT2D eigenvalue weighted by Crippen LogP contribution is 2.32. The molecule has 0 aliphatic carbocycles. The van der Waals surface area contributed by atoms with Crippen molar-refractivity contribution in [3.8, 4) is 5.75 Å². The normalized spacial score (nSPS) is 14.2. The van der Waals surface area contributed by atoms with Crippen molar-refractivity contribution < 1.29 is 4.74 Å². The van der Waals surface area contributed by atoms with Gasteiger partial charge in [0.05, 0.1) is 9.98 Å². The SMILES string of the molecule is CC(N)C(Oc1cncc(Br)c1)c1ccc(Br)s1. The molecule has 18 heavy (non-hydrogen) atoms. The fraction of sp³-hybridized carbons (Fsp3) is 0.250. The molecule has 2 unspecified atom stereocenters. The van der Waals surface area contributed by atoms with Gasteiger partial charge in [-0.15, -0.1) is 11.3 Å². The van der Waals surface area contributed by atoms with E-state index < -0.39 is 0 Å². The van der Waals surface area contributed by atoms with Crippen molar-refractivity contribution in [1.82, 2.24) is 4.98 Å². The molecule has 0 spiro atoms. The average molecular weight is 392 g/mol. The zero-order valence-electron chi connectivity index (χ0n) is 9.64. The number of nitrogens with two attached hydrogens (primary N) is 1. The third-order valence-corrected chi connectivity index (χ3v) is 4.41. The van der Waals surface area contributed by atoms with Crippen LogP contribution in [-0.4, -0.2) is 11.0 Å². The summed E-state index contributed by atoms with van der Waals surface area (Å²) in [5, 5.41) is 0. The van der Waals surface area contributed by atoms with Gasteiger partial charge in [-0.2, -0.15) is 0 Å². The lowest BCUT2D eigenvalue weighted by Crippen LogP contribution is -2.28. The summed E-state index contributed by atoms with van der Waals surface area (Å²) >= 11 is 8.45. The third-order valence-electron chi connectivity index (χ3n) is 2.29. The van der Waals surface area contributed by atoms with Crippen LogP contribution in [0, 0.1) is 0 Å². The van der Waals surface area contributed by atoms with Crippen LogP contribution in [0.5, 0.6) is 5.75 Å². The number of rotatable bonds is 4. The Morgan fingerprint density at radius 1 is 1.33 bits per heavy atom. The van der Waals surface area contributed by atoms with Gasteiger partial charge in [0, 0.05) is 21.6 Å². The van der Waals surface area contributed by atoms with E-state index in [1.54, 1.807) is 23.7 Å². The van der Waals surface area contributed by atoms with Crippen LogP contribution >= 0.6 is 43.2 Å². The maximum atomic E-state index is 6.00. The van der Waals surface area contributed by atoms with Crippen LogP contribution in [0.25, 0.3) is 0 Å². The lowest BCUT2D eigenvalue weighted by molar-refractivity contribution is 0.183. The molecule has 0 aliphatic heterocycles. The minimum Gasteiger partial charge on any atom is -0.482 e. The minimum atomic E-state index is -0.169. The second kappa shape index (κ2) is 6.14. The standard InChI is InChI=1S/C12H12Br2N2OS/c1-7(15)12(10-2-3-11(14)18-10)17-9-4-8(13)5-16-6-9/h2-7,12H,15H2,1H3. The fourth-order valence-electron chi connectivity index (χ4n) is 1.51. The van der Waals surface area contributed by atoms with E-state index in [9.17, 15) is 0 Å². The first-order valence-corrected chi connectivity index (χ1v) is 7.74. The number of aromatic nitrogens is 1. The first kappa shape index (κ1) is 14.0. The number of hydrogen-bond donors (Lipinski definition) is 1. The number of pyridine rings is 1. The Labute approximate surface area is 127 Å². The highest BCUT2D eigenvalue weighted by molar-refractivity contribution is 9.11. The lowest BCUT2D eigenvalue weighted by atomic mass is 10.1. The Balaban J connectivity index is 2.22. The maximum absolute atomic E-state index is 6.00. The summed E-state index contributed by atoms with van der Waals surface area (Å²) in [6, 6.07) is 5.80. The molecule has 2 rings (SSSR count). The van der Waals surface area contributed by atoms with E-state index in [1.807, 2.05) is 25.1 Å². The first-order valence-electron chi connectivity index (χ1n) is 5.34. The van der Waals surface area contributed by atoms with Gasteiger partial charge in [-0.3, -0.25) is 4.98 Å². The van der Waals surface area contributed by atoms with E-state index in [0.717, 1.165) is 13.1 Å². The summed E-state index contributed by atoms with van der Waals surface area (Å²) in [6.45, 7) is 1.93. The van der Waals surface area contributed by atoms with E-state index in [2.05, 4.69) is 36.8 Å². The van der Waals surface area contributed by atoms with E-state index >= 15 is 0 Å². The first-order chi connectivity index (χ1) is 8.56. The summed E-state index contributed by atoms with van der Waals surface area (Å²) in [5.41, 5.74) is 6.00. The van der Waals surface area contributed by atoms with Gasteiger partial charge in [-0.25, -0.2) is 0 Å². The van der Waals surface area contributed by atoms with Crippen molar-refractivity contribution in [1.29, 1.82) is 0 Å². The highest BCUT2D eigenvalue weighted by atomic mass is 79.9. The van der Waals surface area contributed by atoms with Crippen LogP contribution in [0.3, 0.4) is 0 Å². The van der Waals surface area contributed by atoms with Crippen LogP contribution in [0.1, 0.15) is 17.9 Å². The van der Waals surface area contributed by atoms with E-state index in [4.69, 9.17) is 10.5 Å². The van der Waals surface area contributed by atoms with Crippen LogP contribution in [0.4, 0.5) is 0 Å². The van der Waals surface area contributed by atoms with E-state index in [0.29, 0.717) is 5.75 Å². The highest BCUT2D eigenvalue weighted by Gasteiger charge is 2.20. The van der Waals surface area contributed by atoms with Gasteiger partial charge in [0.1, 0.15) is 11.9 Å². The van der Waals surface area contributed by atoms with Crippen molar-refractivity contribution in [3.05, 3.63) is 43.7 Å². The second-order valence-corrected chi connectivity index (χ2v) is 7.29. The van der Waals surface area contributed by atoms with E-state index in [1.165, 1.54) is 0 Å². The monoisotopic (exact) mass is 390 g/mol. The number of halogens is 2. The van der Waals surface area contributed by atoms with Gasteiger partial charge in [-0.1, -0.05) is 0 Å². The molecule has 0 bridgehead atoms. The molecule has 2 N–H and O–H groups in total. The Morgan fingerprint density at radius 2 is 2.11 bits per heavy atom. The summed E-state index contributed by atoms with van der Waals surface area (Å²) in [4.78, 5) is 5.17. The summed E-state index contributed by atoms with van der Waals surface area (Å²) in [6.07, 6.45) is 3.23. The van der Waals surface area contributed by atoms with Crippen molar-refractivity contribution in [2.45, 2.75) is 19.1 Å². The molecule has 0 aromatic carbocycles. The minimum absolute atomic E-state index is 0.102. The molecule has 2 heterocycles. The molecule has 0 saturated carbocycles. The van der Waals surface area contributed by atoms with Crippen molar-refractivity contribution in [2.75, 3.05) is 0 Å². The molecule has 6 heteroatoms. The smallest absolute Gasteiger partial charge is 0.148 e. The Hall–Kier alpha value is -0.430. The topological polar surface area (TPSA) is 48.1 Å². The molecular formula is C12H12Br2N2OS. The van der Waals surface area contributed by atoms with Crippen LogP contribution in [0.15, 0.2) is 38.9 Å². The van der Waals surface area contributed by atoms with Crippen molar-refractivity contribution in [2.24, 2.45) is 5.73 Å². The zero-order valence-corrected chi connectivity index (χ0v) is 13.6. The van der Waals surface area contributed by atoms with Crippen LogP contribution < -0.4 is 10.5 Å². The molecule has 0 amide bonds. The Kier molecular flexibility index (Phi) is 4.77. The van der Waals surface area contributed by atoms with Crippen LogP contribution in [-0.2, 0) is 0 Å². The largest absolute Gasteiger partial charge is 0.482 e. The molecule has 0 radical (unpaired) electrons. The van der Waals surface area contributed by atoms with Gasteiger partial charge >= 0.3 is 0 Å². The molecule has 96 valence electrons. The summed E-state index contributed by atoms with van der Waals surface area (Å²) in [7, 11) is 0. The Bertz CT molecular complexity index is 530. The van der Waals surface area contributed by atoms with Crippen LogP contribution in [0.2, 0.25) is 0 Å². The number of nitrogens with zero attached hydrogens (tertiary/aromatic N) is 1. The zero-order chi connectivity index (χ0) is 13.1. The molecule has 3 nitrogen and oxygen atoms in total. The van der Waals surface area contributed by atoms with Gasteiger partial charge in [0.25, 0.3) is 0 Å². The Morgan fingerprint density at radius 3 is 2.67 bits per heavy atom. The maximum Gasteiger partial charge on any atom is 0.148 e. The lowest BCUT2D eigenvalue weighted by Gasteiger charge is -2.21. The summed E-state index contributed by atoms with van der Waals surface area (Å²) in [5.74, 6) is 0.705. The van der Waals surface area contributed by atoms with Crippen molar-refractivity contribution >= 4 is 43.2 Å². The van der Waals surface area contributed by atoms with Crippen molar-refractivity contribution in [3.63, 3.8) is 0 Å². The molecular weight excluding hydrogens is 380 g/mol. The number of ether oxygens (including phenoxy) is 1. The van der Waals surface area contributed by atoms with Gasteiger partial charge in [0.2, 0.25) is 0 Å².